The van der Waals surface area contributed by atoms with Gasteiger partial charge in [-0.3, -0.25) is 4.79 Å². The second-order valence-electron chi connectivity index (χ2n) is 5.54. The van der Waals surface area contributed by atoms with Gasteiger partial charge in [-0.25, -0.2) is 0 Å². The van der Waals surface area contributed by atoms with Crippen molar-refractivity contribution in [3.63, 3.8) is 0 Å². The summed E-state index contributed by atoms with van der Waals surface area (Å²) in [5.41, 5.74) is 2.75. The van der Waals surface area contributed by atoms with Crippen molar-refractivity contribution in [3.8, 4) is 0 Å². The van der Waals surface area contributed by atoms with Crippen LogP contribution in [0.4, 0.5) is 11.4 Å². The molecule has 1 aliphatic heterocycles. The molecule has 114 valence electrons. The lowest BCUT2D eigenvalue weighted by Gasteiger charge is -2.23. The molecule has 0 unspecified atom stereocenters. The van der Waals surface area contributed by atoms with Crippen LogP contribution in [0.2, 0.25) is 5.02 Å². The molecule has 0 saturated carbocycles. The number of para-hydroxylation sites is 1. The number of carbonyl (C=O) groups is 1. The predicted molar refractivity (Wildman–Crippen MR) is 91.7 cm³/mol. The first-order chi connectivity index (χ1) is 10.7. The molecule has 0 atom stereocenters. The largest absolute Gasteiger partial charge is 0.369 e. The maximum atomic E-state index is 12.3. The Morgan fingerprint density at radius 1 is 1.05 bits per heavy atom. The van der Waals surface area contributed by atoms with Crippen LogP contribution >= 0.6 is 11.6 Å². The normalized spacial score (nSPS) is 14.1. The highest BCUT2D eigenvalue weighted by molar-refractivity contribution is 6.34. The SMILES string of the molecule is O=C(Cc1ccccc1)Nc1cccc(Cl)c1N1CCCC1. The van der Waals surface area contributed by atoms with Crippen LogP contribution in [-0.4, -0.2) is 19.0 Å². The molecule has 4 heteroatoms. The van der Waals surface area contributed by atoms with Crippen molar-refractivity contribution in [3.05, 3.63) is 59.1 Å². The van der Waals surface area contributed by atoms with Crippen LogP contribution in [0.25, 0.3) is 0 Å². The van der Waals surface area contributed by atoms with E-state index in [1.165, 1.54) is 12.8 Å². The standard InChI is InChI=1S/C18H19ClN2O/c19-15-9-6-10-16(18(15)21-11-4-5-12-21)20-17(22)13-14-7-2-1-3-8-14/h1-3,6-10H,4-5,11-13H2,(H,20,22). The fourth-order valence-corrected chi connectivity index (χ4v) is 3.15. The van der Waals surface area contributed by atoms with Gasteiger partial charge in [0.05, 0.1) is 22.8 Å². The Morgan fingerprint density at radius 3 is 2.50 bits per heavy atom. The molecule has 0 aromatic heterocycles. The third-order valence-electron chi connectivity index (χ3n) is 3.89. The van der Waals surface area contributed by atoms with E-state index in [1.54, 1.807) is 0 Å². The predicted octanol–water partition coefficient (Wildman–Crippen LogP) is 4.12. The molecule has 1 fully saturated rings. The molecule has 1 amide bonds. The zero-order valence-electron chi connectivity index (χ0n) is 12.4. The van der Waals surface area contributed by atoms with Crippen LogP contribution in [0.1, 0.15) is 18.4 Å². The van der Waals surface area contributed by atoms with Crippen molar-refractivity contribution in [1.29, 1.82) is 0 Å². The maximum absolute atomic E-state index is 12.3. The fourth-order valence-electron chi connectivity index (χ4n) is 2.85. The van der Waals surface area contributed by atoms with E-state index >= 15 is 0 Å². The number of benzene rings is 2. The third kappa shape index (κ3) is 3.42. The van der Waals surface area contributed by atoms with Crippen molar-refractivity contribution in [2.75, 3.05) is 23.3 Å². The molecule has 1 saturated heterocycles. The molecular formula is C18H19ClN2O. The lowest BCUT2D eigenvalue weighted by atomic mass is 10.1. The minimum atomic E-state index is -0.0195. The summed E-state index contributed by atoms with van der Waals surface area (Å²) in [6, 6.07) is 15.4. The number of halogens is 1. The zero-order chi connectivity index (χ0) is 15.4. The Balaban J connectivity index is 1.77. The molecule has 1 N–H and O–H groups in total. The van der Waals surface area contributed by atoms with E-state index < -0.39 is 0 Å². The summed E-state index contributed by atoms with van der Waals surface area (Å²) in [7, 11) is 0. The van der Waals surface area contributed by atoms with Gasteiger partial charge in [-0.1, -0.05) is 48.0 Å². The smallest absolute Gasteiger partial charge is 0.228 e. The molecular weight excluding hydrogens is 296 g/mol. The average molecular weight is 315 g/mol. The van der Waals surface area contributed by atoms with E-state index in [1.807, 2.05) is 48.5 Å². The van der Waals surface area contributed by atoms with E-state index in [0.717, 1.165) is 30.0 Å². The molecule has 2 aromatic carbocycles. The van der Waals surface area contributed by atoms with Gasteiger partial charge in [-0.15, -0.1) is 0 Å². The van der Waals surface area contributed by atoms with Gasteiger partial charge >= 0.3 is 0 Å². The highest BCUT2D eigenvalue weighted by Crippen LogP contribution is 2.35. The second kappa shape index (κ2) is 6.84. The topological polar surface area (TPSA) is 32.3 Å². The fraction of sp³-hybridized carbons (Fsp3) is 0.278. The molecule has 0 radical (unpaired) electrons. The van der Waals surface area contributed by atoms with Crippen LogP contribution in [0.5, 0.6) is 0 Å². The van der Waals surface area contributed by atoms with Crippen molar-refractivity contribution < 1.29 is 4.79 Å². The van der Waals surface area contributed by atoms with Crippen LogP contribution in [0, 0.1) is 0 Å². The summed E-state index contributed by atoms with van der Waals surface area (Å²) in [5.74, 6) is -0.0195. The van der Waals surface area contributed by atoms with Crippen molar-refractivity contribution >= 4 is 28.9 Å². The summed E-state index contributed by atoms with van der Waals surface area (Å²) in [6.07, 6.45) is 2.71. The van der Waals surface area contributed by atoms with E-state index in [0.29, 0.717) is 11.4 Å². The molecule has 3 rings (SSSR count). The van der Waals surface area contributed by atoms with Crippen LogP contribution in [0.3, 0.4) is 0 Å². The molecule has 0 spiro atoms. The number of rotatable bonds is 4. The monoisotopic (exact) mass is 314 g/mol. The summed E-state index contributed by atoms with van der Waals surface area (Å²) in [5, 5.41) is 3.71. The molecule has 22 heavy (non-hydrogen) atoms. The van der Waals surface area contributed by atoms with E-state index in [-0.39, 0.29) is 5.91 Å². The van der Waals surface area contributed by atoms with Gasteiger partial charge in [0.2, 0.25) is 5.91 Å². The van der Waals surface area contributed by atoms with Crippen molar-refractivity contribution in [1.82, 2.24) is 0 Å². The van der Waals surface area contributed by atoms with Crippen LogP contribution in [0.15, 0.2) is 48.5 Å². The third-order valence-corrected chi connectivity index (χ3v) is 4.20. The Bertz CT molecular complexity index is 651. The van der Waals surface area contributed by atoms with E-state index in [2.05, 4.69) is 10.2 Å². The Hall–Kier alpha value is -2.00. The Labute approximate surface area is 135 Å². The number of nitrogens with zero attached hydrogens (tertiary/aromatic N) is 1. The Morgan fingerprint density at radius 2 is 1.77 bits per heavy atom. The number of hydrogen-bond donors (Lipinski definition) is 1. The molecule has 3 nitrogen and oxygen atoms in total. The summed E-state index contributed by atoms with van der Waals surface area (Å²) >= 11 is 6.36. The van der Waals surface area contributed by atoms with Gasteiger partial charge < -0.3 is 10.2 Å². The lowest BCUT2D eigenvalue weighted by molar-refractivity contribution is -0.115. The maximum Gasteiger partial charge on any atom is 0.228 e. The number of hydrogen-bond acceptors (Lipinski definition) is 2. The van der Waals surface area contributed by atoms with Gasteiger partial charge in [-0.05, 0) is 30.5 Å². The Kier molecular flexibility index (Phi) is 4.64. The van der Waals surface area contributed by atoms with E-state index in [9.17, 15) is 4.79 Å². The van der Waals surface area contributed by atoms with Gasteiger partial charge in [0.15, 0.2) is 0 Å². The average Bonchev–Trinajstić information content (AvgIpc) is 3.02. The number of carbonyl (C=O) groups excluding carboxylic acids is 1. The van der Waals surface area contributed by atoms with Crippen LogP contribution < -0.4 is 10.2 Å². The summed E-state index contributed by atoms with van der Waals surface area (Å²) in [6.45, 7) is 1.98. The highest BCUT2D eigenvalue weighted by Gasteiger charge is 2.19. The van der Waals surface area contributed by atoms with Crippen molar-refractivity contribution in [2.24, 2.45) is 0 Å². The second-order valence-corrected chi connectivity index (χ2v) is 5.95. The van der Waals surface area contributed by atoms with Gasteiger partial charge in [0.1, 0.15) is 0 Å². The number of amides is 1. The quantitative estimate of drug-likeness (QED) is 0.920. The molecule has 0 aliphatic carbocycles. The van der Waals surface area contributed by atoms with Crippen molar-refractivity contribution in [2.45, 2.75) is 19.3 Å². The van der Waals surface area contributed by atoms with Gasteiger partial charge in [0.25, 0.3) is 0 Å². The van der Waals surface area contributed by atoms with Gasteiger partial charge in [-0.2, -0.15) is 0 Å². The van der Waals surface area contributed by atoms with E-state index in [4.69, 9.17) is 11.6 Å². The molecule has 1 heterocycles. The van der Waals surface area contributed by atoms with Crippen LogP contribution in [-0.2, 0) is 11.2 Å². The van der Waals surface area contributed by atoms with Gasteiger partial charge in [0, 0.05) is 13.1 Å². The molecule has 0 bridgehead atoms. The lowest BCUT2D eigenvalue weighted by Crippen LogP contribution is -2.22. The number of nitrogens with one attached hydrogen (secondary N) is 1. The first-order valence-corrected chi connectivity index (χ1v) is 7.99. The summed E-state index contributed by atoms with van der Waals surface area (Å²) < 4.78 is 0. The number of anilines is 2. The highest BCUT2D eigenvalue weighted by atomic mass is 35.5. The molecule has 1 aliphatic rings. The first-order valence-electron chi connectivity index (χ1n) is 7.61. The minimum Gasteiger partial charge on any atom is -0.369 e. The first kappa shape index (κ1) is 14.9. The molecule has 2 aromatic rings. The minimum absolute atomic E-state index is 0.0195. The zero-order valence-corrected chi connectivity index (χ0v) is 13.1. The summed E-state index contributed by atoms with van der Waals surface area (Å²) in [4.78, 5) is 14.5.